The van der Waals surface area contributed by atoms with E-state index in [0.717, 1.165) is 17.9 Å². The Kier molecular flexibility index (Phi) is 4.30. The number of methoxy groups -OCH3 is 1. The minimum atomic E-state index is 0.466. The Morgan fingerprint density at radius 2 is 1.95 bits per heavy atom. The molecule has 1 heterocycles. The first-order valence-electron chi connectivity index (χ1n) is 6.11. The van der Waals surface area contributed by atoms with Crippen molar-refractivity contribution in [1.29, 1.82) is 0 Å². The van der Waals surface area contributed by atoms with Gasteiger partial charge in [0.15, 0.2) is 5.82 Å². The van der Waals surface area contributed by atoms with Gasteiger partial charge in [0.05, 0.1) is 6.61 Å². The van der Waals surface area contributed by atoms with E-state index in [4.69, 9.17) is 10.5 Å². The molecule has 0 radical (unpaired) electrons. The van der Waals surface area contributed by atoms with Crippen molar-refractivity contribution in [1.82, 2.24) is 9.97 Å². The van der Waals surface area contributed by atoms with Crippen LogP contribution in [0, 0.1) is 0 Å². The van der Waals surface area contributed by atoms with Crippen LogP contribution in [-0.2, 0) is 4.74 Å². The summed E-state index contributed by atoms with van der Waals surface area (Å²) < 4.78 is 5.06. The third kappa shape index (κ3) is 3.42. The maximum atomic E-state index is 5.85. The van der Waals surface area contributed by atoms with E-state index < -0.39 is 0 Å². The van der Waals surface area contributed by atoms with Crippen molar-refractivity contribution in [3.05, 3.63) is 36.4 Å². The number of nitrogens with zero attached hydrogens (tertiary/aromatic N) is 3. The lowest BCUT2D eigenvalue weighted by Crippen LogP contribution is -2.23. The summed E-state index contributed by atoms with van der Waals surface area (Å²) in [7, 11) is 3.63. The zero-order chi connectivity index (χ0) is 13.7. The summed E-state index contributed by atoms with van der Waals surface area (Å²) in [6, 6.07) is 11.6. The molecule has 2 rings (SSSR count). The van der Waals surface area contributed by atoms with Gasteiger partial charge < -0.3 is 15.4 Å². The highest BCUT2D eigenvalue weighted by Gasteiger charge is 2.08. The fraction of sp³-hybridized carbons (Fsp3) is 0.286. The Labute approximate surface area is 113 Å². The molecule has 0 aliphatic heterocycles. The van der Waals surface area contributed by atoms with Gasteiger partial charge in [0.25, 0.3) is 0 Å². The normalized spacial score (nSPS) is 10.4. The molecule has 0 aliphatic rings. The van der Waals surface area contributed by atoms with Crippen molar-refractivity contribution in [2.75, 3.05) is 37.9 Å². The SMILES string of the molecule is COCCN(C)c1cc(N)nc(-c2ccccc2)n1. The van der Waals surface area contributed by atoms with Crippen LogP contribution in [0.1, 0.15) is 0 Å². The number of aromatic nitrogens is 2. The van der Waals surface area contributed by atoms with Gasteiger partial charge in [-0.15, -0.1) is 0 Å². The van der Waals surface area contributed by atoms with E-state index in [2.05, 4.69) is 9.97 Å². The zero-order valence-corrected chi connectivity index (χ0v) is 11.2. The van der Waals surface area contributed by atoms with Crippen LogP contribution in [0.15, 0.2) is 36.4 Å². The van der Waals surface area contributed by atoms with Gasteiger partial charge >= 0.3 is 0 Å². The van der Waals surface area contributed by atoms with Gasteiger partial charge in [0.1, 0.15) is 11.6 Å². The molecule has 2 N–H and O–H groups in total. The van der Waals surface area contributed by atoms with Gasteiger partial charge in [-0.3, -0.25) is 0 Å². The van der Waals surface area contributed by atoms with E-state index >= 15 is 0 Å². The van der Waals surface area contributed by atoms with Crippen LogP contribution in [0.5, 0.6) is 0 Å². The van der Waals surface area contributed by atoms with Crippen molar-refractivity contribution >= 4 is 11.6 Å². The van der Waals surface area contributed by atoms with Crippen LogP contribution in [0.25, 0.3) is 11.4 Å². The molecule has 2 aromatic rings. The molecular weight excluding hydrogens is 240 g/mol. The van der Waals surface area contributed by atoms with Crippen molar-refractivity contribution in [3.8, 4) is 11.4 Å². The Morgan fingerprint density at radius 1 is 1.21 bits per heavy atom. The second kappa shape index (κ2) is 6.15. The molecular formula is C14H18N4O. The van der Waals surface area contributed by atoms with E-state index in [1.54, 1.807) is 13.2 Å². The highest BCUT2D eigenvalue weighted by atomic mass is 16.5. The fourth-order valence-corrected chi connectivity index (χ4v) is 1.71. The molecule has 100 valence electrons. The van der Waals surface area contributed by atoms with Crippen LogP contribution in [0.3, 0.4) is 0 Å². The maximum Gasteiger partial charge on any atom is 0.163 e. The first kappa shape index (κ1) is 13.3. The Bertz CT molecular complexity index is 530. The average molecular weight is 258 g/mol. The molecule has 0 fully saturated rings. The summed E-state index contributed by atoms with van der Waals surface area (Å²) in [6.45, 7) is 1.39. The Morgan fingerprint density at radius 3 is 2.63 bits per heavy atom. The van der Waals surface area contributed by atoms with Crippen molar-refractivity contribution in [2.24, 2.45) is 0 Å². The lowest BCUT2D eigenvalue weighted by Gasteiger charge is -2.18. The van der Waals surface area contributed by atoms with Crippen LogP contribution in [0.4, 0.5) is 11.6 Å². The van der Waals surface area contributed by atoms with Crippen molar-refractivity contribution in [3.63, 3.8) is 0 Å². The monoisotopic (exact) mass is 258 g/mol. The van der Waals surface area contributed by atoms with Crippen molar-refractivity contribution in [2.45, 2.75) is 0 Å². The minimum Gasteiger partial charge on any atom is -0.384 e. The van der Waals surface area contributed by atoms with Gasteiger partial charge in [-0.1, -0.05) is 30.3 Å². The number of nitrogens with two attached hydrogens (primary N) is 1. The quantitative estimate of drug-likeness (QED) is 0.886. The summed E-state index contributed by atoms with van der Waals surface area (Å²) in [5, 5.41) is 0. The van der Waals surface area contributed by atoms with E-state index in [-0.39, 0.29) is 0 Å². The van der Waals surface area contributed by atoms with Gasteiger partial charge in [0, 0.05) is 32.3 Å². The number of hydrogen-bond donors (Lipinski definition) is 1. The van der Waals surface area contributed by atoms with Crippen LogP contribution in [0.2, 0.25) is 0 Å². The molecule has 1 aromatic carbocycles. The number of rotatable bonds is 5. The van der Waals surface area contributed by atoms with Gasteiger partial charge in [0.2, 0.25) is 0 Å². The molecule has 0 amide bonds. The molecule has 5 nitrogen and oxygen atoms in total. The highest BCUT2D eigenvalue weighted by Crippen LogP contribution is 2.20. The number of ether oxygens (including phenoxy) is 1. The molecule has 0 saturated carbocycles. The van der Waals surface area contributed by atoms with Crippen LogP contribution >= 0.6 is 0 Å². The average Bonchev–Trinajstić information content (AvgIpc) is 2.45. The molecule has 1 aromatic heterocycles. The summed E-state index contributed by atoms with van der Waals surface area (Å²) in [4.78, 5) is 10.8. The summed E-state index contributed by atoms with van der Waals surface area (Å²) in [5.41, 5.74) is 6.81. The second-order valence-electron chi connectivity index (χ2n) is 4.25. The maximum absolute atomic E-state index is 5.85. The predicted molar refractivity (Wildman–Crippen MR) is 77.0 cm³/mol. The summed E-state index contributed by atoms with van der Waals surface area (Å²) in [5.74, 6) is 1.90. The van der Waals surface area contributed by atoms with E-state index in [1.807, 2.05) is 42.3 Å². The molecule has 0 aliphatic carbocycles. The summed E-state index contributed by atoms with van der Waals surface area (Å²) >= 11 is 0. The number of hydrogen-bond acceptors (Lipinski definition) is 5. The summed E-state index contributed by atoms with van der Waals surface area (Å²) in [6.07, 6.45) is 0. The molecule has 0 bridgehead atoms. The molecule has 0 unspecified atom stereocenters. The molecule has 19 heavy (non-hydrogen) atoms. The van der Waals surface area contributed by atoms with E-state index in [0.29, 0.717) is 18.2 Å². The molecule has 0 spiro atoms. The number of benzene rings is 1. The van der Waals surface area contributed by atoms with Gasteiger partial charge in [-0.2, -0.15) is 0 Å². The molecule has 0 atom stereocenters. The van der Waals surface area contributed by atoms with E-state index in [1.165, 1.54) is 0 Å². The standard InChI is InChI=1S/C14H18N4O/c1-18(8-9-19-2)13-10-12(15)16-14(17-13)11-6-4-3-5-7-11/h3-7,10H,8-9H2,1-2H3,(H2,15,16,17). The third-order valence-electron chi connectivity index (χ3n) is 2.79. The number of nitrogen functional groups attached to an aromatic ring is 1. The third-order valence-corrected chi connectivity index (χ3v) is 2.79. The highest BCUT2D eigenvalue weighted by molar-refractivity contribution is 5.60. The van der Waals surface area contributed by atoms with Crippen LogP contribution in [-0.4, -0.2) is 37.3 Å². The smallest absolute Gasteiger partial charge is 0.163 e. The largest absolute Gasteiger partial charge is 0.384 e. The van der Waals surface area contributed by atoms with Gasteiger partial charge in [-0.05, 0) is 0 Å². The topological polar surface area (TPSA) is 64.3 Å². The molecule has 0 saturated heterocycles. The lowest BCUT2D eigenvalue weighted by atomic mass is 10.2. The minimum absolute atomic E-state index is 0.466. The first-order chi connectivity index (χ1) is 9.20. The number of anilines is 2. The predicted octanol–water partition coefficient (Wildman–Crippen LogP) is 1.81. The Balaban J connectivity index is 2.29. The Hall–Kier alpha value is -2.14. The van der Waals surface area contributed by atoms with Crippen LogP contribution < -0.4 is 10.6 Å². The van der Waals surface area contributed by atoms with E-state index in [9.17, 15) is 0 Å². The second-order valence-corrected chi connectivity index (χ2v) is 4.25. The van der Waals surface area contributed by atoms with Crippen molar-refractivity contribution < 1.29 is 4.74 Å². The number of likely N-dealkylation sites (N-methyl/N-ethyl adjacent to an activating group) is 1. The first-order valence-corrected chi connectivity index (χ1v) is 6.11. The fourth-order valence-electron chi connectivity index (χ4n) is 1.71. The zero-order valence-electron chi connectivity index (χ0n) is 11.2. The lowest BCUT2D eigenvalue weighted by molar-refractivity contribution is 0.206. The van der Waals surface area contributed by atoms with Gasteiger partial charge in [-0.25, -0.2) is 9.97 Å². The molecule has 5 heteroatoms.